The molecule has 0 aromatic rings. The summed E-state index contributed by atoms with van der Waals surface area (Å²) in [6.07, 6.45) is 5.47. The zero-order valence-corrected chi connectivity index (χ0v) is 21.7. The second-order valence-electron chi connectivity index (χ2n) is 9.86. The number of rotatable bonds is 9. The molecule has 2 fully saturated rings. The van der Waals surface area contributed by atoms with Gasteiger partial charge in [0, 0.05) is 6.42 Å². The molecule has 0 radical (unpaired) electrons. The molecule has 7 nitrogen and oxygen atoms in total. The molecule has 3 rings (SSSR count). The maximum absolute atomic E-state index is 13.4. The highest BCUT2D eigenvalue weighted by molar-refractivity contribution is 9.11. The first-order valence-corrected chi connectivity index (χ1v) is 12.6. The van der Waals surface area contributed by atoms with E-state index in [1.165, 1.54) is 0 Å². The van der Waals surface area contributed by atoms with Gasteiger partial charge in [0.1, 0.15) is 0 Å². The molecule has 0 bridgehead atoms. The third kappa shape index (κ3) is 4.12. The Hall–Kier alpha value is -1.51. The molecule has 8 heteroatoms. The van der Waals surface area contributed by atoms with Gasteiger partial charge >= 0.3 is 11.9 Å². The van der Waals surface area contributed by atoms with Gasteiger partial charge in [-0.2, -0.15) is 0 Å². The van der Waals surface area contributed by atoms with E-state index in [1.54, 1.807) is 19.9 Å². The highest BCUT2D eigenvalue weighted by atomic mass is 79.9. The van der Waals surface area contributed by atoms with Crippen LogP contribution in [-0.4, -0.2) is 66.2 Å². The van der Waals surface area contributed by atoms with Crippen LogP contribution < -0.4 is 0 Å². The van der Waals surface area contributed by atoms with Crippen molar-refractivity contribution in [2.24, 2.45) is 17.3 Å². The van der Waals surface area contributed by atoms with E-state index in [9.17, 15) is 19.5 Å². The third-order valence-electron chi connectivity index (χ3n) is 7.90. The fourth-order valence-corrected chi connectivity index (χ4v) is 7.03. The van der Waals surface area contributed by atoms with E-state index in [1.807, 2.05) is 19.0 Å². The van der Waals surface area contributed by atoms with Crippen molar-refractivity contribution in [3.05, 3.63) is 22.7 Å². The second-order valence-corrected chi connectivity index (χ2v) is 11.0. The van der Waals surface area contributed by atoms with Crippen molar-refractivity contribution in [2.75, 3.05) is 27.3 Å². The summed E-state index contributed by atoms with van der Waals surface area (Å²) in [4.78, 5) is 42.0. The molecule has 0 amide bonds. The lowest BCUT2D eigenvalue weighted by Gasteiger charge is -2.44. The summed E-state index contributed by atoms with van der Waals surface area (Å²) < 4.78 is 11.2. The van der Waals surface area contributed by atoms with E-state index >= 15 is 0 Å². The van der Waals surface area contributed by atoms with Crippen molar-refractivity contribution in [3.8, 4) is 0 Å². The molecule has 0 unspecified atom stereocenters. The minimum absolute atomic E-state index is 0.00275. The standard InChI is InChI=1S/C25H36BrNO6/c1-6-32-21(29)23(13-16(3)26,22(30)33-7-2)14-18-12-19(28)20-24(18,27(4)5)15-17-10-8-9-11-25(17,20)31/h12,17,20,31H,3,6-11,13-15H2,1-2,4-5H3/t17-,20+,24+,25-/m0/s1. The predicted octanol–water partition coefficient (Wildman–Crippen LogP) is 3.54. The van der Waals surface area contributed by atoms with Gasteiger partial charge in [0.2, 0.25) is 0 Å². The summed E-state index contributed by atoms with van der Waals surface area (Å²) in [7, 11) is 3.81. The molecule has 0 aliphatic heterocycles. The van der Waals surface area contributed by atoms with Gasteiger partial charge < -0.3 is 14.6 Å². The average Bonchev–Trinajstić information content (AvgIpc) is 3.18. The van der Waals surface area contributed by atoms with Gasteiger partial charge in [0.25, 0.3) is 0 Å². The van der Waals surface area contributed by atoms with Gasteiger partial charge in [-0.05, 0) is 75.7 Å². The molecule has 3 aliphatic rings. The average molecular weight is 526 g/mol. The van der Waals surface area contributed by atoms with Crippen LogP contribution in [0.2, 0.25) is 0 Å². The van der Waals surface area contributed by atoms with Crippen LogP contribution in [0, 0.1) is 17.3 Å². The predicted molar refractivity (Wildman–Crippen MR) is 128 cm³/mol. The summed E-state index contributed by atoms with van der Waals surface area (Å²) >= 11 is 3.32. The Labute approximate surface area is 204 Å². The van der Waals surface area contributed by atoms with Crippen LogP contribution in [0.1, 0.15) is 58.8 Å². The Morgan fingerprint density at radius 1 is 1.24 bits per heavy atom. The number of hydrogen-bond donors (Lipinski definition) is 1. The first kappa shape index (κ1) is 26.1. The molecule has 0 spiro atoms. The van der Waals surface area contributed by atoms with Crippen LogP contribution in [0.25, 0.3) is 0 Å². The first-order chi connectivity index (χ1) is 15.5. The zero-order valence-electron chi connectivity index (χ0n) is 20.1. The number of aliphatic hydroxyl groups is 1. The number of carbonyl (C=O) groups excluding carboxylic acids is 3. The van der Waals surface area contributed by atoms with E-state index in [2.05, 4.69) is 22.5 Å². The van der Waals surface area contributed by atoms with Gasteiger partial charge in [-0.15, -0.1) is 0 Å². The van der Waals surface area contributed by atoms with E-state index < -0.39 is 34.4 Å². The Balaban J connectivity index is 2.13. The number of likely N-dealkylation sites (N-methyl/N-ethyl adjacent to an activating group) is 1. The van der Waals surface area contributed by atoms with Gasteiger partial charge in [0.05, 0.1) is 30.3 Å². The van der Waals surface area contributed by atoms with Gasteiger partial charge in [-0.1, -0.05) is 35.4 Å². The SMILES string of the molecule is C=C(Br)CC(CC1=CC(=O)[C@H]2[C@]3(O)CCCC[C@H]3C[C@@]12N(C)C)(C(=O)OCC)C(=O)OCC. The fourth-order valence-electron chi connectivity index (χ4n) is 6.55. The third-order valence-corrected chi connectivity index (χ3v) is 8.18. The minimum Gasteiger partial charge on any atom is -0.465 e. The molecule has 184 valence electrons. The van der Waals surface area contributed by atoms with Gasteiger partial charge in [-0.3, -0.25) is 19.3 Å². The molecular weight excluding hydrogens is 490 g/mol. The molecule has 33 heavy (non-hydrogen) atoms. The summed E-state index contributed by atoms with van der Waals surface area (Å²) in [5.74, 6) is -2.13. The maximum atomic E-state index is 13.4. The minimum atomic E-state index is -1.67. The van der Waals surface area contributed by atoms with Crippen molar-refractivity contribution >= 4 is 33.7 Å². The molecule has 0 aromatic heterocycles. The fraction of sp³-hybridized carbons (Fsp3) is 0.720. The van der Waals surface area contributed by atoms with E-state index in [4.69, 9.17) is 9.47 Å². The van der Waals surface area contributed by atoms with Crippen LogP contribution in [0.4, 0.5) is 0 Å². The quantitative estimate of drug-likeness (QED) is 0.363. The Morgan fingerprint density at radius 3 is 2.36 bits per heavy atom. The smallest absolute Gasteiger partial charge is 0.324 e. The molecule has 0 aromatic carbocycles. The first-order valence-electron chi connectivity index (χ1n) is 11.8. The molecule has 3 aliphatic carbocycles. The second kappa shape index (κ2) is 9.62. The van der Waals surface area contributed by atoms with Crippen molar-refractivity contribution < 1.29 is 29.0 Å². The van der Waals surface area contributed by atoms with Crippen molar-refractivity contribution in [2.45, 2.75) is 69.9 Å². The molecule has 0 saturated heterocycles. The Bertz CT molecular complexity index is 849. The number of halogens is 1. The lowest BCUT2D eigenvalue weighted by Crippen LogP contribution is -2.55. The van der Waals surface area contributed by atoms with E-state index in [-0.39, 0.29) is 37.8 Å². The Kier molecular flexibility index (Phi) is 7.61. The summed E-state index contributed by atoms with van der Waals surface area (Å²) in [5.41, 5.74) is -2.83. The molecule has 4 atom stereocenters. The monoisotopic (exact) mass is 525 g/mol. The summed E-state index contributed by atoms with van der Waals surface area (Å²) in [5, 5.41) is 11.7. The lowest BCUT2D eigenvalue weighted by molar-refractivity contribution is -0.172. The topological polar surface area (TPSA) is 93.1 Å². The number of allylic oxidation sites excluding steroid dienone is 2. The number of ether oxygens (including phenoxy) is 2. The molecule has 0 heterocycles. The van der Waals surface area contributed by atoms with Crippen LogP contribution >= 0.6 is 15.9 Å². The van der Waals surface area contributed by atoms with Gasteiger partial charge in [0.15, 0.2) is 11.2 Å². The number of nitrogens with zero attached hydrogens (tertiary/aromatic N) is 1. The van der Waals surface area contributed by atoms with E-state index in [0.29, 0.717) is 22.9 Å². The summed E-state index contributed by atoms with van der Waals surface area (Å²) in [6.45, 7) is 7.45. The highest BCUT2D eigenvalue weighted by Gasteiger charge is 2.69. The summed E-state index contributed by atoms with van der Waals surface area (Å²) in [6, 6.07) is 0. The van der Waals surface area contributed by atoms with Crippen molar-refractivity contribution in [3.63, 3.8) is 0 Å². The normalized spacial score (nSPS) is 31.1. The number of carbonyl (C=O) groups is 3. The largest absolute Gasteiger partial charge is 0.465 e. The lowest BCUT2D eigenvalue weighted by atomic mass is 9.70. The highest BCUT2D eigenvalue weighted by Crippen LogP contribution is 2.62. The van der Waals surface area contributed by atoms with Crippen molar-refractivity contribution in [1.29, 1.82) is 0 Å². The van der Waals surface area contributed by atoms with E-state index in [0.717, 1.165) is 19.3 Å². The van der Waals surface area contributed by atoms with Gasteiger partial charge in [-0.25, -0.2) is 0 Å². The van der Waals surface area contributed by atoms with Crippen LogP contribution in [0.5, 0.6) is 0 Å². The van der Waals surface area contributed by atoms with Crippen LogP contribution in [-0.2, 0) is 23.9 Å². The number of esters is 2. The molecule has 1 N–H and O–H groups in total. The van der Waals surface area contributed by atoms with Crippen molar-refractivity contribution in [1.82, 2.24) is 4.90 Å². The maximum Gasteiger partial charge on any atom is 0.324 e. The zero-order chi connectivity index (χ0) is 24.6. The molecular formula is C25H36BrNO6. The number of hydrogen-bond acceptors (Lipinski definition) is 7. The van der Waals surface area contributed by atoms with Crippen LogP contribution in [0.15, 0.2) is 22.7 Å². The molecule has 2 saturated carbocycles. The van der Waals surface area contributed by atoms with Crippen LogP contribution in [0.3, 0.4) is 0 Å². The Morgan fingerprint density at radius 2 is 1.85 bits per heavy atom. The number of ketones is 1. The number of fused-ring (bicyclic) bond motifs is 3.